The average molecular weight is 911 g/mol. The van der Waals surface area contributed by atoms with Gasteiger partial charge in [-0.1, -0.05) is 158 Å². The molecule has 6 nitrogen and oxygen atoms in total. The Kier molecular flexibility index (Phi) is 7.91. The molecule has 0 radical (unpaired) electrons. The Balaban J connectivity index is 1.28. The van der Waals surface area contributed by atoms with Crippen molar-refractivity contribution >= 4 is 125 Å². The van der Waals surface area contributed by atoms with Gasteiger partial charge >= 0.3 is 0 Å². The minimum absolute atomic E-state index is 0.342. The number of thiophene rings is 1. The number of rotatable bonds is 4. The zero-order valence-electron chi connectivity index (χ0n) is 37.4. The van der Waals surface area contributed by atoms with E-state index >= 15 is 0 Å². The van der Waals surface area contributed by atoms with Crippen molar-refractivity contribution in [3.63, 3.8) is 0 Å². The number of nitrogens with zero attached hydrogens (tertiary/aromatic N) is 4. The van der Waals surface area contributed by atoms with Crippen molar-refractivity contribution in [2.75, 3.05) is 0 Å². The molecule has 5 heterocycles. The van der Waals surface area contributed by atoms with Gasteiger partial charge in [0.1, 0.15) is 17.2 Å². The van der Waals surface area contributed by atoms with Gasteiger partial charge in [0, 0.05) is 69.7 Å². The second-order valence-corrected chi connectivity index (χ2v) is 19.1. The molecule has 0 bridgehead atoms. The summed E-state index contributed by atoms with van der Waals surface area (Å²) in [4.78, 5) is 4.61. The molecule has 0 aliphatic heterocycles. The molecule has 0 spiro atoms. The number of furan rings is 2. The van der Waals surface area contributed by atoms with E-state index in [1.165, 1.54) is 10.1 Å². The number of fused-ring (bicyclic) bond motifs is 18. The van der Waals surface area contributed by atoms with Crippen LogP contribution in [0.15, 0.2) is 197 Å². The summed E-state index contributed by atoms with van der Waals surface area (Å²) in [6.45, 7) is 11.6. The molecule has 0 atom stereocenters. The van der Waals surface area contributed by atoms with Gasteiger partial charge in [-0.25, -0.2) is 4.85 Å². The van der Waals surface area contributed by atoms with Crippen LogP contribution < -0.4 is 0 Å². The van der Waals surface area contributed by atoms with Gasteiger partial charge in [0.05, 0.1) is 50.3 Å². The number of benzene rings is 10. The highest BCUT2D eigenvalue weighted by atomic mass is 32.1. The van der Waals surface area contributed by atoms with Gasteiger partial charge in [-0.3, -0.25) is 0 Å². The first kappa shape index (κ1) is 38.7. The van der Waals surface area contributed by atoms with Crippen LogP contribution in [-0.2, 0) is 0 Å². The molecule has 15 aromatic rings. The zero-order chi connectivity index (χ0) is 46.4. The molecule has 0 saturated heterocycles. The summed E-state index contributed by atoms with van der Waals surface area (Å²) in [6.07, 6.45) is 0. The molecule has 0 N–H and O–H groups in total. The Morgan fingerprint density at radius 1 is 0.457 bits per heavy atom. The van der Waals surface area contributed by atoms with Crippen LogP contribution in [0, 0.1) is 24.8 Å². The summed E-state index contributed by atoms with van der Waals surface area (Å²) < 4.78 is 21.0. The molecule has 0 saturated carbocycles. The fourth-order valence-electron chi connectivity index (χ4n) is 11.6. The van der Waals surface area contributed by atoms with Crippen LogP contribution in [0.2, 0.25) is 0 Å². The molecule has 0 aliphatic carbocycles. The lowest BCUT2D eigenvalue weighted by Gasteiger charge is -2.26. The summed E-state index contributed by atoms with van der Waals surface area (Å²) >= 11 is 1.77. The zero-order valence-corrected chi connectivity index (χ0v) is 38.2. The van der Waals surface area contributed by atoms with E-state index < -0.39 is 0 Å². The van der Waals surface area contributed by atoms with Crippen LogP contribution in [0.5, 0.6) is 0 Å². The van der Waals surface area contributed by atoms with Crippen molar-refractivity contribution in [2.45, 2.75) is 6.92 Å². The monoisotopic (exact) mass is 910 g/mol. The summed E-state index contributed by atoms with van der Waals surface area (Å²) in [6, 6.07) is 67.6. The molecule has 70 heavy (non-hydrogen) atoms. The highest BCUT2D eigenvalue weighted by molar-refractivity contribution is 7.26. The number of para-hydroxylation sites is 3. The largest absolute Gasteiger partial charge is 0.454 e. The number of hydrogen-bond acceptors (Lipinski definition) is 4. The van der Waals surface area contributed by atoms with Crippen molar-refractivity contribution in [1.29, 1.82) is 5.26 Å². The maximum Gasteiger partial charge on any atom is 0.220 e. The van der Waals surface area contributed by atoms with E-state index in [4.69, 9.17) is 8.83 Å². The Bertz CT molecular complexity index is 4730. The van der Waals surface area contributed by atoms with Gasteiger partial charge < -0.3 is 18.0 Å². The number of nitriles is 1. The van der Waals surface area contributed by atoms with Gasteiger partial charge in [-0.15, -0.1) is 11.3 Å². The summed E-state index contributed by atoms with van der Waals surface area (Å²) in [7, 11) is 0. The third-order valence-corrected chi connectivity index (χ3v) is 15.7. The molecule has 7 heteroatoms. The van der Waals surface area contributed by atoms with E-state index in [1.807, 2.05) is 84.9 Å². The van der Waals surface area contributed by atoms with Crippen molar-refractivity contribution in [2.24, 2.45) is 0 Å². The maximum absolute atomic E-state index is 12.1. The normalized spacial score (nSPS) is 12.0. The predicted molar refractivity (Wildman–Crippen MR) is 289 cm³/mol. The van der Waals surface area contributed by atoms with Crippen LogP contribution in [0.25, 0.3) is 146 Å². The van der Waals surface area contributed by atoms with E-state index in [0.29, 0.717) is 39.4 Å². The van der Waals surface area contributed by atoms with E-state index in [-0.39, 0.29) is 0 Å². The van der Waals surface area contributed by atoms with Gasteiger partial charge in [0.15, 0.2) is 11.2 Å². The highest BCUT2D eigenvalue weighted by Crippen LogP contribution is 2.55. The maximum atomic E-state index is 12.1. The molecule has 0 amide bonds. The molecule has 15 rings (SSSR count). The van der Waals surface area contributed by atoms with Crippen molar-refractivity contribution in [3.05, 3.63) is 211 Å². The summed E-state index contributed by atoms with van der Waals surface area (Å²) in [5.41, 5.74) is 12.6. The summed E-state index contributed by atoms with van der Waals surface area (Å²) in [5, 5.41) is 22.4. The first-order chi connectivity index (χ1) is 34.6. The molecule has 0 aliphatic rings. The van der Waals surface area contributed by atoms with Crippen molar-refractivity contribution < 1.29 is 8.83 Å². The highest BCUT2D eigenvalue weighted by Gasteiger charge is 2.34. The Morgan fingerprint density at radius 3 is 1.56 bits per heavy atom. The van der Waals surface area contributed by atoms with Crippen molar-refractivity contribution in [1.82, 2.24) is 9.13 Å². The second kappa shape index (κ2) is 14.3. The Hall–Kier alpha value is -9.40. The fraction of sp³-hybridized carbons (Fsp3) is 0.0159. The molecular formula is C63H34N4O2S. The van der Waals surface area contributed by atoms with E-state index in [2.05, 4.69) is 130 Å². The van der Waals surface area contributed by atoms with Crippen LogP contribution in [0.3, 0.4) is 0 Å². The molecule has 10 aromatic carbocycles. The van der Waals surface area contributed by atoms with Crippen LogP contribution in [0.4, 0.5) is 5.69 Å². The topological polar surface area (TPSA) is 64.3 Å². The minimum atomic E-state index is 0.342. The third kappa shape index (κ3) is 5.03. The quantitative estimate of drug-likeness (QED) is 0.165. The lowest BCUT2D eigenvalue weighted by Crippen LogP contribution is -2.09. The molecule has 0 fully saturated rings. The van der Waals surface area contributed by atoms with Crippen LogP contribution >= 0.6 is 11.3 Å². The number of hydrogen-bond donors (Lipinski definition) is 0. The van der Waals surface area contributed by atoms with Crippen LogP contribution in [-0.4, -0.2) is 9.13 Å². The second-order valence-electron chi connectivity index (χ2n) is 18.1. The van der Waals surface area contributed by atoms with Gasteiger partial charge in [-0.2, -0.15) is 5.26 Å². The summed E-state index contributed by atoms with van der Waals surface area (Å²) in [5.74, 6) is 0. The van der Waals surface area contributed by atoms with Crippen LogP contribution in [0.1, 0.15) is 11.1 Å². The predicted octanol–water partition coefficient (Wildman–Crippen LogP) is 18.1. The molecule has 0 unspecified atom stereocenters. The first-order valence-corrected chi connectivity index (χ1v) is 24.1. The number of aryl methyl sites for hydroxylation is 1. The molecule has 5 aromatic heterocycles. The van der Waals surface area contributed by atoms with E-state index in [9.17, 15) is 11.8 Å². The van der Waals surface area contributed by atoms with Crippen molar-refractivity contribution in [3.8, 4) is 39.7 Å². The molecular weight excluding hydrogens is 877 g/mol. The Labute approximate surface area is 403 Å². The van der Waals surface area contributed by atoms with E-state index in [1.54, 1.807) is 11.3 Å². The third-order valence-electron chi connectivity index (χ3n) is 14.5. The smallest absolute Gasteiger partial charge is 0.220 e. The minimum Gasteiger partial charge on any atom is -0.454 e. The fourth-order valence-corrected chi connectivity index (χ4v) is 12.9. The lowest BCUT2D eigenvalue weighted by molar-refractivity contribution is 0.669. The SMILES string of the molecule is [C-]#[N+]c1c(-c2ccccc2)c(C#N)c(-n2c3c(C)cccc3c3ccc4c5ccccc5sc4c32)c(-c2ccccc2)c1-n1c2c(ccc3c4ccccc4oc32)c2ccc3c4ccccc4oc3c21. The Morgan fingerprint density at radius 2 is 0.943 bits per heavy atom. The van der Waals surface area contributed by atoms with Gasteiger partial charge in [0.25, 0.3) is 0 Å². The van der Waals surface area contributed by atoms with Gasteiger partial charge in [0.2, 0.25) is 5.69 Å². The first-order valence-electron chi connectivity index (χ1n) is 23.3. The number of aromatic nitrogens is 2. The molecule has 324 valence electrons. The lowest BCUT2D eigenvalue weighted by atomic mass is 9.88. The average Bonchev–Trinajstić information content (AvgIpc) is 4.23. The van der Waals surface area contributed by atoms with E-state index in [0.717, 1.165) is 109 Å². The standard InChI is InChI=1S/C63H34N4O2S/c1-35-16-15-24-41-44-30-33-47-40-23-11-14-27-51(40)70-63(47)59(44)66(55(35)41)56-48(34-64)52(36-17-5-3-6-18-36)54(65-2)60(53(56)37-19-7-4-8-20-37)67-57-42(28-31-45-38-21-9-12-25-49(38)68-61(45)57)43-29-32-46-39-22-10-13-26-50(39)69-62(46)58(43)67/h3-33H,1H3. The van der Waals surface area contributed by atoms with Gasteiger partial charge in [-0.05, 0) is 53.9 Å².